The van der Waals surface area contributed by atoms with Crippen molar-refractivity contribution in [2.45, 2.75) is 224 Å². The Morgan fingerprint density at radius 2 is 0.885 bits per heavy atom. The minimum absolute atomic E-state index is 0.0670. The number of hydrogen-bond acceptors (Lipinski definition) is 12. The van der Waals surface area contributed by atoms with Gasteiger partial charge >= 0.3 is 19.8 Å². The van der Waals surface area contributed by atoms with Crippen molar-refractivity contribution in [2.24, 2.45) is 0 Å². The van der Waals surface area contributed by atoms with Crippen LogP contribution < -0.4 is 0 Å². The average Bonchev–Trinajstić information content (AvgIpc) is 3.24. The molecule has 354 valence electrons. The Morgan fingerprint density at radius 1 is 0.508 bits per heavy atom. The van der Waals surface area contributed by atoms with Crippen molar-refractivity contribution in [2.75, 3.05) is 13.2 Å². The van der Waals surface area contributed by atoms with Gasteiger partial charge in [-0.15, -0.1) is 0 Å². The number of esters is 2. The third kappa shape index (κ3) is 29.7. The van der Waals surface area contributed by atoms with Crippen molar-refractivity contribution in [3.63, 3.8) is 0 Å². The van der Waals surface area contributed by atoms with E-state index in [1.54, 1.807) is 0 Å². The second-order valence-corrected chi connectivity index (χ2v) is 17.7. The molecule has 0 bridgehead atoms. The molecule has 1 aliphatic rings. The molecule has 1 aliphatic carbocycles. The van der Waals surface area contributed by atoms with E-state index in [1.165, 1.54) is 70.6 Å². The highest BCUT2D eigenvalue weighted by Crippen LogP contribution is 2.47. The fraction of sp³-hybridized carbons (Fsp3) is 0.787. The second kappa shape index (κ2) is 37.2. The summed E-state index contributed by atoms with van der Waals surface area (Å²) < 4.78 is 33.5. The number of aliphatic hydroxyl groups excluding tert-OH is 5. The number of allylic oxidation sites excluding steroid dienone is 8. The molecule has 8 atom stereocenters. The maximum absolute atomic E-state index is 12.8. The number of unbranched alkanes of at least 4 members (excludes halogenated alkanes) is 18. The van der Waals surface area contributed by atoms with E-state index in [9.17, 15) is 44.6 Å². The second-order valence-electron chi connectivity index (χ2n) is 16.3. The Labute approximate surface area is 367 Å². The van der Waals surface area contributed by atoms with E-state index in [0.29, 0.717) is 12.8 Å². The summed E-state index contributed by atoms with van der Waals surface area (Å²) in [6.07, 6.45) is 30.2. The summed E-state index contributed by atoms with van der Waals surface area (Å²) in [4.78, 5) is 35.7. The molecule has 13 nitrogen and oxygen atoms in total. The van der Waals surface area contributed by atoms with Crippen LogP contribution in [-0.4, -0.2) is 98.3 Å². The standard InChI is InChI=1S/C47H83O13P/c1-3-5-7-9-11-13-15-17-19-20-22-24-26-28-30-32-34-36-41(49)59-39(38-58-61(55,56)60-47-45(53)43(51)42(50)44(52)46(47)54)37-57-40(48)35-33-31-29-27-25-23-21-18-16-14-12-10-8-6-4-2/h11,13,17,19,22-25,39,42-47,50-54H,3-10,12,14-16,18,20-21,26-38H2,1-2H3,(H,55,56)/b13-11+,19-17+,24-22+,25-23+/t39-,42?,43+,44?,45?,46?,47?/m1/s1. The van der Waals surface area contributed by atoms with Gasteiger partial charge in [-0.25, -0.2) is 4.57 Å². The van der Waals surface area contributed by atoms with Crippen molar-refractivity contribution in [3.8, 4) is 0 Å². The number of phosphoric ester groups is 1. The lowest BCUT2D eigenvalue weighted by Crippen LogP contribution is -2.64. The Balaban J connectivity index is 2.49. The zero-order chi connectivity index (χ0) is 45.0. The van der Waals surface area contributed by atoms with Gasteiger partial charge in [0, 0.05) is 12.8 Å². The van der Waals surface area contributed by atoms with Crippen LogP contribution in [0.1, 0.15) is 181 Å². The number of rotatable bonds is 38. The zero-order valence-electron chi connectivity index (χ0n) is 37.4. The maximum atomic E-state index is 12.8. The molecule has 6 unspecified atom stereocenters. The van der Waals surface area contributed by atoms with Gasteiger partial charge < -0.3 is 39.9 Å². The lowest BCUT2D eigenvalue weighted by molar-refractivity contribution is -0.220. The molecule has 0 aromatic heterocycles. The molecule has 0 aromatic rings. The predicted molar refractivity (Wildman–Crippen MR) is 239 cm³/mol. The monoisotopic (exact) mass is 887 g/mol. The van der Waals surface area contributed by atoms with Crippen molar-refractivity contribution in [1.29, 1.82) is 0 Å². The normalized spacial score (nSPS) is 22.4. The molecule has 0 saturated heterocycles. The first-order valence-corrected chi connectivity index (χ1v) is 24.9. The fourth-order valence-corrected chi connectivity index (χ4v) is 7.79. The van der Waals surface area contributed by atoms with Gasteiger partial charge in [0.2, 0.25) is 0 Å². The Kier molecular flexibility index (Phi) is 34.7. The summed E-state index contributed by atoms with van der Waals surface area (Å²) in [5, 5.41) is 50.1. The quantitative estimate of drug-likeness (QED) is 0.0148. The van der Waals surface area contributed by atoms with E-state index in [-0.39, 0.29) is 12.8 Å². The number of carbonyl (C=O) groups is 2. The van der Waals surface area contributed by atoms with Gasteiger partial charge in [0.25, 0.3) is 0 Å². The van der Waals surface area contributed by atoms with E-state index in [2.05, 4.69) is 62.5 Å². The minimum Gasteiger partial charge on any atom is -0.462 e. The van der Waals surface area contributed by atoms with Gasteiger partial charge in [0.1, 0.15) is 43.2 Å². The summed E-state index contributed by atoms with van der Waals surface area (Å²) in [5.41, 5.74) is 0. The van der Waals surface area contributed by atoms with Crippen LogP contribution in [0.5, 0.6) is 0 Å². The maximum Gasteiger partial charge on any atom is 0.472 e. The predicted octanol–water partition coefficient (Wildman–Crippen LogP) is 9.17. The lowest BCUT2D eigenvalue weighted by Gasteiger charge is -2.41. The van der Waals surface area contributed by atoms with Crippen molar-refractivity contribution >= 4 is 19.8 Å². The molecular formula is C47H83O13P. The van der Waals surface area contributed by atoms with Crippen LogP contribution in [0.25, 0.3) is 0 Å². The molecule has 0 radical (unpaired) electrons. The largest absolute Gasteiger partial charge is 0.472 e. The summed E-state index contributed by atoms with van der Waals surface area (Å²) in [6.45, 7) is 3.24. The van der Waals surface area contributed by atoms with Crippen LogP contribution in [0.3, 0.4) is 0 Å². The molecule has 61 heavy (non-hydrogen) atoms. The van der Waals surface area contributed by atoms with Crippen LogP contribution in [0.2, 0.25) is 0 Å². The minimum atomic E-state index is -5.13. The summed E-state index contributed by atoms with van der Waals surface area (Å²) in [7, 11) is -5.13. The molecule has 1 rings (SSSR count). The first-order valence-electron chi connectivity index (χ1n) is 23.4. The van der Waals surface area contributed by atoms with Crippen LogP contribution in [0, 0.1) is 0 Å². The van der Waals surface area contributed by atoms with Crippen molar-refractivity contribution in [3.05, 3.63) is 48.6 Å². The highest BCUT2D eigenvalue weighted by molar-refractivity contribution is 7.47. The summed E-state index contributed by atoms with van der Waals surface area (Å²) in [6, 6.07) is 0. The molecular weight excluding hydrogens is 803 g/mol. The first-order chi connectivity index (χ1) is 29.4. The number of hydrogen-bond donors (Lipinski definition) is 6. The van der Waals surface area contributed by atoms with Gasteiger partial charge in [-0.2, -0.15) is 0 Å². The van der Waals surface area contributed by atoms with Crippen LogP contribution >= 0.6 is 7.82 Å². The average molecular weight is 887 g/mol. The summed E-state index contributed by atoms with van der Waals surface area (Å²) in [5.74, 6) is -1.14. The van der Waals surface area contributed by atoms with E-state index < -0.39 is 75.7 Å². The van der Waals surface area contributed by atoms with Crippen LogP contribution in [0.15, 0.2) is 48.6 Å². The number of aliphatic hydroxyl groups is 5. The number of phosphoric acid groups is 1. The summed E-state index contributed by atoms with van der Waals surface area (Å²) >= 11 is 0. The fourth-order valence-electron chi connectivity index (χ4n) is 6.82. The number of carbonyl (C=O) groups excluding carboxylic acids is 2. The van der Waals surface area contributed by atoms with Gasteiger partial charge in [-0.1, -0.05) is 140 Å². The molecule has 0 aromatic carbocycles. The molecule has 0 heterocycles. The molecule has 0 aliphatic heterocycles. The molecule has 1 saturated carbocycles. The van der Waals surface area contributed by atoms with Crippen molar-refractivity contribution < 1.29 is 63.1 Å². The zero-order valence-corrected chi connectivity index (χ0v) is 38.3. The molecule has 0 amide bonds. The Hall–Kier alpha value is -2.19. The van der Waals surface area contributed by atoms with E-state index >= 15 is 0 Å². The SMILES string of the molecule is CCCCC/C=C/C/C=C/C/C=C/CCCCCCC(=O)O[C@H](COC(=O)CCCCC/C=C/CCCCCCCCCC)COP(=O)(O)OC1C(O)C(O)C(O)[C@H](O)C1O. The Morgan fingerprint density at radius 3 is 1.41 bits per heavy atom. The lowest BCUT2D eigenvalue weighted by atomic mass is 9.85. The van der Waals surface area contributed by atoms with Gasteiger partial charge in [0.05, 0.1) is 6.61 Å². The van der Waals surface area contributed by atoms with Crippen LogP contribution in [-0.2, 0) is 32.7 Å². The number of ether oxygens (including phenoxy) is 2. The van der Waals surface area contributed by atoms with Crippen LogP contribution in [0.4, 0.5) is 0 Å². The van der Waals surface area contributed by atoms with Gasteiger partial charge in [-0.05, 0) is 77.0 Å². The van der Waals surface area contributed by atoms with E-state index in [1.807, 2.05) is 0 Å². The van der Waals surface area contributed by atoms with E-state index in [4.69, 9.17) is 18.5 Å². The molecule has 1 fully saturated rings. The smallest absolute Gasteiger partial charge is 0.462 e. The highest BCUT2D eigenvalue weighted by Gasteiger charge is 2.51. The molecule has 6 N–H and O–H groups in total. The van der Waals surface area contributed by atoms with Crippen molar-refractivity contribution in [1.82, 2.24) is 0 Å². The Bertz CT molecular complexity index is 1250. The highest BCUT2D eigenvalue weighted by atomic mass is 31.2. The third-order valence-electron chi connectivity index (χ3n) is 10.6. The topological polar surface area (TPSA) is 210 Å². The molecule has 14 heteroatoms. The van der Waals surface area contributed by atoms with Gasteiger partial charge in [-0.3, -0.25) is 18.6 Å². The first kappa shape index (κ1) is 56.8. The van der Waals surface area contributed by atoms with Gasteiger partial charge in [0.15, 0.2) is 6.10 Å². The molecule has 0 spiro atoms. The third-order valence-corrected chi connectivity index (χ3v) is 11.6. The van der Waals surface area contributed by atoms with E-state index in [0.717, 1.165) is 70.6 Å².